The fourth-order valence-electron chi connectivity index (χ4n) is 1.11. The van der Waals surface area contributed by atoms with Crippen LogP contribution in [-0.2, 0) is 14.3 Å². The summed E-state index contributed by atoms with van der Waals surface area (Å²) in [5.41, 5.74) is 0. The molecule has 1 amide bonds. The smallest absolute Gasteiger partial charge is 0.317 e. The van der Waals surface area contributed by atoms with E-state index in [1.807, 2.05) is 6.92 Å². The van der Waals surface area contributed by atoms with Crippen molar-refractivity contribution >= 4 is 11.9 Å². The summed E-state index contributed by atoms with van der Waals surface area (Å²) in [5, 5.41) is 8.68. The van der Waals surface area contributed by atoms with E-state index in [1.165, 1.54) is 0 Å². The number of hydrogen-bond donors (Lipinski definition) is 1. The second kappa shape index (κ2) is 8.06. The molecule has 0 fully saturated rings. The van der Waals surface area contributed by atoms with E-state index in [-0.39, 0.29) is 19.0 Å². The zero-order valence-corrected chi connectivity index (χ0v) is 10.1. The molecular weight excluding hydrogens is 212 g/mol. The molecule has 0 radical (unpaired) electrons. The standard InChI is InChI=1S/C10H20N2O4/c1-4-11(2)9(13)7-12(5-6-16-3)8-10(14)15/h4-8H2,1-3H3,(H,14,15). The maximum atomic E-state index is 11.6. The molecule has 0 aliphatic rings. The highest BCUT2D eigenvalue weighted by Crippen LogP contribution is 1.93. The van der Waals surface area contributed by atoms with Crippen molar-refractivity contribution in [1.82, 2.24) is 9.80 Å². The Morgan fingerprint density at radius 1 is 1.31 bits per heavy atom. The van der Waals surface area contributed by atoms with E-state index in [4.69, 9.17) is 9.84 Å². The molecule has 0 aliphatic carbocycles. The van der Waals surface area contributed by atoms with E-state index >= 15 is 0 Å². The van der Waals surface area contributed by atoms with Gasteiger partial charge in [-0.1, -0.05) is 0 Å². The van der Waals surface area contributed by atoms with Gasteiger partial charge in [-0.25, -0.2) is 0 Å². The van der Waals surface area contributed by atoms with Gasteiger partial charge in [-0.15, -0.1) is 0 Å². The largest absolute Gasteiger partial charge is 0.480 e. The molecular formula is C10H20N2O4. The van der Waals surface area contributed by atoms with Crippen LogP contribution in [0.5, 0.6) is 0 Å². The van der Waals surface area contributed by atoms with Gasteiger partial charge in [0.2, 0.25) is 5.91 Å². The summed E-state index contributed by atoms with van der Waals surface area (Å²) in [7, 11) is 3.23. The number of likely N-dealkylation sites (N-methyl/N-ethyl adjacent to an activating group) is 1. The van der Waals surface area contributed by atoms with Crippen LogP contribution in [0.4, 0.5) is 0 Å². The van der Waals surface area contributed by atoms with Gasteiger partial charge < -0.3 is 14.7 Å². The molecule has 0 aliphatic heterocycles. The number of carboxylic acids is 1. The molecule has 16 heavy (non-hydrogen) atoms. The Hall–Kier alpha value is -1.14. The van der Waals surface area contributed by atoms with Crippen LogP contribution in [0.15, 0.2) is 0 Å². The second-order valence-corrected chi connectivity index (χ2v) is 3.51. The fraction of sp³-hybridized carbons (Fsp3) is 0.800. The van der Waals surface area contributed by atoms with Gasteiger partial charge in [-0.2, -0.15) is 0 Å². The SMILES string of the molecule is CCN(C)C(=O)CN(CCOC)CC(=O)O. The average molecular weight is 232 g/mol. The Bertz CT molecular complexity index is 233. The first-order valence-electron chi connectivity index (χ1n) is 5.18. The van der Waals surface area contributed by atoms with Crippen LogP contribution < -0.4 is 0 Å². The number of ether oxygens (including phenoxy) is 1. The molecule has 6 heteroatoms. The molecule has 0 aromatic heterocycles. The van der Waals surface area contributed by atoms with Gasteiger partial charge in [0.05, 0.1) is 19.7 Å². The molecule has 0 atom stereocenters. The van der Waals surface area contributed by atoms with Crippen LogP contribution >= 0.6 is 0 Å². The predicted octanol–water partition coefficient (Wildman–Crippen LogP) is -0.502. The third-order valence-corrected chi connectivity index (χ3v) is 2.23. The third kappa shape index (κ3) is 6.36. The van der Waals surface area contributed by atoms with Crippen molar-refractivity contribution in [3.63, 3.8) is 0 Å². The van der Waals surface area contributed by atoms with Crippen molar-refractivity contribution < 1.29 is 19.4 Å². The lowest BCUT2D eigenvalue weighted by atomic mass is 10.4. The monoisotopic (exact) mass is 232 g/mol. The van der Waals surface area contributed by atoms with Crippen molar-refractivity contribution in [1.29, 1.82) is 0 Å². The van der Waals surface area contributed by atoms with Crippen molar-refractivity contribution in [3.05, 3.63) is 0 Å². The minimum Gasteiger partial charge on any atom is -0.480 e. The number of carbonyl (C=O) groups is 2. The van der Waals surface area contributed by atoms with E-state index in [0.29, 0.717) is 19.7 Å². The molecule has 0 aromatic carbocycles. The van der Waals surface area contributed by atoms with Gasteiger partial charge in [-0.05, 0) is 6.92 Å². The van der Waals surface area contributed by atoms with Crippen LogP contribution in [-0.4, -0.2) is 73.7 Å². The fourth-order valence-corrected chi connectivity index (χ4v) is 1.11. The summed E-state index contributed by atoms with van der Waals surface area (Å²) >= 11 is 0. The Morgan fingerprint density at radius 3 is 2.38 bits per heavy atom. The summed E-state index contributed by atoms with van der Waals surface area (Å²) < 4.78 is 4.86. The lowest BCUT2D eigenvalue weighted by Crippen LogP contribution is -2.41. The lowest BCUT2D eigenvalue weighted by molar-refractivity contribution is -0.139. The van der Waals surface area contributed by atoms with Crippen LogP contribution in [0.25, 0.3) is 0 Å². The molecule has 0 bridgehead atoms. The number of hydrogen-bond acceptors (Lipinski definition) is 4. The molecule has 0 aromatic rings. The Morgan fingerprint density at radius 2 is 1.94 bits per heavy atom. The first-order valence-corrected chi connectivity index (χ1v) is 5.18. The zero-order valence-electron chi connectivity index (χ0n) is 10.1. The Balaban J connectivity index is 4.18. The first-order chi connectivity index (χ1) is 7.51. The van der Waals surface area contributed by atoms with Gasteiger partial charge in [0.15, 0.2) is 0 Å². The maximum absolute atomic E-state index is 11.6. The second-order valence-electron chi connectivity index (χ2n) is 3.51. The number of methoxy groups -OCH3 is 1. The van der Waals surface area contributed by atoms with Crippen LogP contribution in [0, 0.1) is 0 Å². The molecule has 0 saturated heterocycles. The number of carboxylic acid groups (broad SMARTS) is 1. The minimum absolute atomic E-state index is 0.0835. The molecule has 0 rings (SSSR count). The van der Waals surface area contributed by atoms with Crippen molar-refractivity contribution in [2.75, 3.05) is 46.9 Å². The number of carbonyl (C=O) groups excluding carboxylic acids is 1. The maximum Gasteiger partial charge on any atom is 0.317 e. The highest BCUT2D eigenvalue weighted by Gasteiger charge is 2.15. The van der Waals surface area contributed by atoms with Gasteiger partial charge in [-0.3, -0.25) is 14.5 Å². The summed E-state index contributed by atoms with van der Waals surface area (Å²) in [5.74, 6) is -1.03. The summed E-state index contributed by atoms with van der Waals surface area (Å²) in [6, 6.07) is 0. The third-order valence-electron chi connectivity index (χ3n) is 2.23. The number of nitrogens with zero attached hydrogens (tertiary/aromatic N) is 2. The summed E-state index contributed by atoms with van der Waals surface area (Å²) in [4.78, 5) is 25.3. The van der Waals surface area contributed by atoms with Gasteiger partial charge in [0, 0.05) is 27.2 Å². The van der Waals surface area contributed by atoms with Gasteiger partial charge >= 0.3 is 5.97 Å². The van der Waals surface area contributed by atoms with E-state index < -0.39 is 5.97 Å². The number of amides is 1. The molecule has 94 valence electrons. The van der Waals surface area contributed by atoms with Crippen molar-refractivity contribution in [2.45, 2.75) is 6.92 Å². The van der Waals surface area contributed by atoms with Crippen LogP contribution in [0.1, 0.15) is 6.92 Å². The zero-order chi connectivity index (χ0) is 12.6. The topological polar surface area (TPSA) is 70.1 Å². The van der Waals surface area contributed by atoms with Crippen molar-refractivity contribution in [2.24, 2.45) is 0 Å². The molecule has 0 heterocycles. The van der Waals surface area contributed by atoms with E-state index in [0.717, 1.165) is 0 Å². The molecule has 1 N–H and O–H groups in total. The Kier molecular flexibility index (Phi) is 7.49. The highest BCUT2D eigenvalue weighted by molar-refractivity contribution is 5.78. The van der Waals surface area contributed by atoms with Crippen LogP contribution in [0.3, 0.4) is 0 Å². The summed E-state index contributed by atoms with van der Waals surface area (Å²) in [6.45, 7) is 3.30. The van der Waals surface area contributed by atoms with Crippen molar-refractivity contribution in [3.8, 4) is 0 Å². The average Bonchev–Trinajstić information content (AvgIpc) is 2.23. The van der Waals surface area contributed by atoms with Gasteiger partial charge in [0.1, 0.15) is 0 Å². The molecule has 0 unspecified atom stereocenters. The quantitative estimate of drug-likeness (QED) is 0.611. The van der Waals surface area contributed by atoms with E-state index in [9.17, 15) is 9.59 Å². The van der Waals surface area contributed by atoms with Gasteiger partial charge in [0.25, 0.3) is 0 Å². The number of rotatable bonds is 8. The predicted molar refractivity (Wildman–Crippen MR) is 59.3 cm³/mol. The summed E-state index contributed by atoms with van der Waals surface area (Å²) in [6.07, 6.45) is 0. The van der Waals surface area contributed by atoms with Crippen LogP contribution in [0.2, 0.25) is 0 Å². The number of aliphatic carboxylic acids is 1. The van der Waals surface area contributed by atoms with E-state index in [1.54, 1.807) is 24.0 Å². The minimum atomic E-state index is -0.942. The molecule has 6 nitrogen and oxygen atoms in total. The normalized spacial score (nSPS) is 10.5. The Labute approximate surface area is 95.8 Å². The molecule has 0 saturated carbocycles. The van der Waals surface area contributed by atoms with E-state index in [2.05, 4.69) is 0 Å². The highest BCUT2D eigenvalue weighted by atomic mass is 16.5. The molecule has 0 spiro atoms. The first kappa shape index (κ1) is 14.9. The lowest BCUT2D eigenvalue weighted by Gasteiger charge is -2.22.